The monoisotopic (exact) mass is 317 g/mol. The Morgan fingerprint density at radius 2 is 2.05 bits per heavy atom. The topological polar surface area (TPSA) is 54.0 Å². The van der Waals surface area contributed by atoms with Gasteiger partial charge >= 0.3 is 0 Å². The van der Waals surface area contributed by atoms with Gasteiger partial charge in [0.15, 0.2) is 0 Å². The highest BCUT2D eigenvalue weighted by atomic mass is 79.9. The molecule has 2 aromatic rings. The third-order valence-electron chi connectivity index (χ3n) is 3.12. The van der Waals surface area contributed by atoms with Crippen LogP contribution in [0.1, 0.15) is 17.2 Å². The van der Waals surface area contributed by atoms with Crippen LogP contribution in [0.5, 0.6) is 0 Å². The number of hydrogen-bond acceptors (Lipinski definition) is 3. The van der Waals surface area contributed by atoms with Crippen molar-refractivity contribution in [3.8, 4) is 0 Å². The number of nitrogens with zero attached hydrogens (tertiary/aromatic N) is 1. The zero-order valence-electron chi connectivity index (χ0n) is 10.1. The van der Waals surface area contributed by atoms with Gasteiger partial charge in [0.25, 0.3) is 0 Å². The van der Waals surface area contributed by atoms with Gasteiger partial charge < -0.3 is 5.32 Å². The molecule has 0 radical (unpaired) electrons. The van der Waals surface area contributed by atoms with E-state index < -0.39 is 0 Å². The van der Waals surface area contributed by atoms with Gasteiger partial charge in [0.2, 0.25) is 5.91 Å². The van der Waals surface area contributed by atoms with E-state index in [4.69, 9.17) is 0 Å². The molecule has 1 aliphatic heterocycles. The number of amides is 1. The third-order valence-corrected chi connectivity index (χ3v) is 3.81. The number of nitrogens with one attached hydrogen (secondary N) is 2. The summed E-state index contributed by atoms with van der Waals surface area (Å²) in [6.45, 7) is 0.626. The molecule has 5 heteroatoms. The first kappa shape index (κ1) is 12.3. The van der Waals surface area contributed by atoms with Gasteiger partial charge in [-0.3, -0.25) is 15.1 Å². The Bertz CT molecular complexity index is 615. The third kappa shape index (κ3) is 2.39. The Hall–Kier alpha value is -1.72. The smallest absolute Gasteiger partial charge is 0.246 e. The van der Waals surface area contributed by atoms with Crippen LogP contribution >= 0.6 is 15.9 Å². The predicted octanol–water partition coefficient (Wildman–Crippen LogP) is 2.63. The van der Waals surface area contributed by atoms with Crippen molar-refractivity contribution in [1.29, 1.82) is 0 Å². The number of pyridine rings is 1. The van der Waals surface area contributed by atoms with E-state index in [1.54, 1.807) is 12.4 Å². The second-order valence-electron chi connectivity index (χ2n) is 4.36. The van der Waals surface area contributed by atoms with E-state index in [-0.39, 0.29) is 11.9 Å². The van der Waals surface area contributed by atoms with Crippen molar-refractivity contribution in [3.05, 3.63) is 58.3 Å². The molecule has 19 heavy (non-hydrogen) atoms. The molecule has 0 aliphatic carbocycles. The molecule has 0 fully saturated rings. The molecule has 96 valence electrons. The van der Waals surface area contributed by atoms with Crippen LogP contribution in [0.2, 0.25) is 0 Å². The van der Waals surface area contributed by atoms with Gasteiger partial charge in [-0.15, -0.1) is 0 Å². The Kier molecular flexibility index (Phi) is 3.31. The number of hydrogen-bond donors (Lipinski definition) is 2. The second-order valence-corrected chi connectivity index (χ2v) is 5.21. The van der Waals surface area contributed by atoms with Crippen LogP contribution in [-0.2, 0) is 11.3 Å². The summed E-state index contributed by atoms with van der Waals surface area (Å²) in [6.07, 6.45) is 3.49. The summed E-state index contributed by atoms with van der Waals surface area (Å²) < 4.78 is 0.940. The van der Waals surface area contributed by atoms with E-state index >= 15 is 0 Å². The van der Waals surface area contributed by atoms with E-state index in [0.717, 1.165) is 21.3 Å². The fourth-order valence-corrected chi connectivity index (χ4v) is 2.79. The molecule has 4 nitrogen and oxygen atoms in total. The minimum Gasteiger partial charge on any atom is -0.324 e. The molecule has 1 aromatic heterocycles. The highest BCUT2D eigenvalue weighted by molar-refractivity contribution is 9.10. The second kappa shape index (κ2) is 5.11. The molecule has 1 unspecified atom stereocenters. The molecule has 1 aromatic carbocycles. The summed E-state index contributed by atoms with van der Waals surface area (Å²) in [7, 11) is 0. The summed E-state index contributed by atoms with van der Waals surface area (Å²) in [4.78, 5) is 16.0. The van der Waals surface area contributed by atoms with Crippen LogP contribution in [0.25, 0.3) is 0 Å². The van der Waals surface area contributed by atoms with Crippen molar-refractivity contribution in [1.82, 2.24) is 10.3 Å². The van der Waals surface area contributed by atoms with Gasteiger partial charge in [-0.1, -0.05) is 22.0 Å². The molecule has 1 amide bonds. The van der Waals surface area contributed by atoms with Gasteiger partial charge in [0, 0.05) is 34.7 Å². The highest BCUT2D eigenvalue weighted by Crippen LogP contribution is 2.36. The molecule has 1 atom stereocenters. The zero-order chi connectivity index (χ0) is 13.2. The number of carbonyl (C=O) groups is 1. The lowest BCUT2D eigenvalue weighted by Crippen LogP contribution is -2.27. The molecular weight excluding hydrogens is 306 g/mol. The SMILES string of the molecule is O=C1Nc2cccc(Br)c2C1NCc1ccncc1. The number of rotatable bonds is 3. The summed E-state index contributed by atoms with van der Waals surface area (Å²) >= 11 is 3.50. The summed E-state index contributed by atoms with van der Waals surface area (Å²) in [5.74, 6) is -0.0176. The minimum absolute atomic E-state index is 0.0176. The Labute approximate surface area is 119 Å². The van der Waals surface area contributed by atoms with Gasteiger partial charge in [0.05, 0.1) is 0 Å². The lowest BCUT2D eigenvalue weighted by atomic mass is 10.1. The maximum absolute atomic E-state index is 12.0. The Balaban J connectivity index is 1.81. The normalized spacial score (nSPS) is 17.1. The number of aromatic nitrogens is 1. The van der Waals surface area contributed by atoms with Crippen molar-refractivity contribution in [2.75, 3.05) is 5.32 Å². The fraction of sp³-hybridized carbons (Fsp3) is 0.143. The van der Waals surface area contributed by atoms with Crippen molar-refractivity contribution in [2.24, 2.45) is 0 Å². The standard InChI is InChI=1S/C14H12BrN3O/c15-10-2-1-3-11-12(10)13(14(19)18-11)17-8-9-4-6-16-7-5-9/h1-7,13,17H,8H2,(H,18,19). The van der Waals surface area contributed by atoms with Crippen LogP contribution in [0.3, 0.4) is 0 Å². The van der Waals surface area contributed by atoms with E-state index in [1.807, 2.05) is 30.3 Å². The summed E-state index contributed by atoms with van der Waals surface area (Å²) in [5, 5.41) is 6.16. The number of halogens is 1. The maximum Gasteiger partial charge on any atom is 0.246 e. The van der Waals surface area contributed by atoms with Crippen LogP contribution in [0, 0.1) is 0 Å². The largest absolute Gasteiger partial charge is 0.324 e. The molecule has 2 N–H and O–H groups in total. The number of carbonyl (C=O) groups excluding carboxylic acids is 1. The van der Waals surface area contributed by atoms with Gasteiger partial charge in [-0.2, -0.15) is 0 Å². The molecule has 3 rings (SSSR count). The first-order valence-electron chi connectivity index (χ1n) is 5.97. The number of fused-ring (bicyclic) bond motifs is 1. The average Bonchev–Trinajstić information content (AvgIpc) is 2.75. The first-order valence-corrected chi connectivity index (χ1v) is 6.76. The first-order chi connectivity index (χ1) is 9.25. The average molecular weight is 318 g/mol. The number of benzene rings is 1. The fourth-order valence-electron chi connectivity index (χ4n) is 2.19. The summed E-state index contributed by atoms with van der Waals surface area (Å²) in [6, 6.07) is 9.31. The van der Waals surface area contributed by atoms with E-state index in [0.29, 0.717) is 6.54 Å². The molecule has 0 bridgehead atoms. The lowest BCUT2D eigenvalue weighted by Gasteiger charge is -2.12. The maximum atomic E-state index is 12.0. The van der Waals surface area contributed by atoms with Crippen molar-refractivity contribution < 1.29 is 4.79 Å². The molecule has 0 saturated heterocycles. The Morgan fingerprint density at radius 1 is 1.26 bits per heavy atom. The molecule has 0 saturated carbocycles. The van der Waals surface area contributed by atoms with Crippen molar-refractivity contribution >= 4 is 27.5 Å². The molecule has 2 heterocycles. The van der Waals surface area contributed by atoms with Crippen LogP contribution in [0.15, 0.2) is 47.2 Å². The quantitative estimate of drug-likeness (QED) is 0.915. The predicted molar refractivity (Wildman–Crippen MR) is 76.6 cm³/mol. The molecule has 0 spiro atoms. The van der Waals surface area contributed by atoms with Crippen LogP contribution in [-0.4, -0.2) is 10.9 Å². The molecule has 1 aliphatic rings. The van der Waals surface area contributed by atoms with E-state index in [9.17, 15) is 4.79 Å². The van der Waals surface area contributed by atoms with Crippen LogP contribution < -0.4 is 10.6 Å². The zero-order valence-corrected chi connectivity index (χ0v) is 11.6. The van der Waals surface area contributed by atoms with Gasteiger partial charge in [-0.05, 0) is 29.8 Å². The summed E-state index contributed by atoms with van der Waals surface area (Å²) in [5.41, 5.74) is 2.94. The lowest BCUT2D eigenvalue weighted by molar-refractivity contribution is -0.117. The Morgan fingerprint density at radius 3 is 2.84 bits per heavy atom. The molecular formula is C14H12BrN3O. The van der Waals surface area contributed by atoms with Crippen molar-refractivity contribution in [3.63, 3.8) is 0 Å². The highest BCUT2D eigenvalue weighted by Gasteiger charge is 2.31. The van der Waals surface area contributed by atoms with Gasteiger partial charge in [0.1, 0.15) is 6.04 Å². The van der Waals surface area contributed by atoms with Crippen LogP contribution in [0.4, 0.5) is 5.69 Å². The number of anilines is 1. The van der Waals surface area contributed by atoms with Gasteiger partial charge in [-0.25, -0.2) is 0 Å². The van der Waals surface area contributed by atoms with E-state index in [2.05, 4.69) is 31.5 Å². The van der Waals surface area contributed by atoms with Crippen molar-refractivity contribution in [2.45, 2.75) is 12.6 Å². The minimum atomic E-state index is -0.321. The van der Waals surface area contributed by atoms with E-state index in [1.165, 1.54) is 0 Å².